The van der Waals surface area contributed by atoms with Gasteiger partial charge in [0.1, 0.15) is 11.6 Å². The van der Waals surface area contributed by atoms with Crippen LogP contribution in [0.3, 0.4) is 0 Å². The summed E-state index contributed by atoms with van der Waals surface area (Å²) in [6, 6.07) is 1.96. The standard InChI is InChI=1S/C14H16BrF2NO2/c1-6-7(2)20-8(3)13(6)14(19)18-12-5-10(16)9(15)4-11(12)17/h4-8,13H,1-3H3,(H,18,19). The fourth-order valence-corrected chi connectivity index (χ4v) is 2.87. The van der Waals surface area contributed by atoms with E-state index >= 15 is 0 Å². The van der Waals surface area contributed by atoms with Crippen LogP contribution in [-0.4, -0.2) is 18.1 Å². The first-order valence-corrected chi connectivity index (χ1v) is 7.21. The van der Waals surface area contributed by atoms with Crippen molar-refractivity contribution in [1.82, 2.24) is 0 Å². The first kappa shape index (κ1) is 15.4. The third-order valence-electron chi connectivity index (χ3n) is 3.81. The molecule has 1 fully saturated rings. The third-order valence-corrected chi connectivity index (χ3v) is 4.42. The highest BCUT2D eigenvalue weighted by Crippen LogP contribution is 2.33. The van der Waals surface area contributed by atoms with Gasteiger partial charge in [0.2, 0.25) is 5.91 Å². The predicted octanol–water partition coefficient (Wildman–Crippen LogP) is 3.73. The lowest BCUT2D eigenvalue weighted by Gasteiger charge is -2.18. The monoisotopic (exact) mass is 347 g/mol. The molecule has 1 amide bonds. The minimum absolute atomic E-state index is 0.0209. The van der Waals surface area contributed by atoms with Gasteiger partial charge in [-0.05, 0) is 41.8 Å². The molecule has 0 bridgehead atoms. The summed E-state index contributed by atoms with van der Waals surface area (Å²) in [4.78, 5) is 12.2. The van der Waals surface area contributed by atoms with Crippen LogP contribution < -0.4 is 5.32 Å². The Morgan fingerprint density at radius 1 is 1.20 bits per heavy atom. The van der Waals surface area contributed by atoms with E-state index in [1.807, 2.05) is 20.8 Å². The third kappa shape index (κ3) is 2.86. The van der Waals surface area contributed by atoms with Gasteiger partial charge < -0.3 is 10.1 Å². The molecule has 1 aliphatic heterocycles. The number of rotatable bonds is 2. The lowest BCUT2D eigenvalue weighted by molar-refractivity contribution is -0.122. The fourth-order valence-electron chi connectivity index (χ4n) is 2.55. The second kappa shape index (κ2) is 5.77. The van der Waals surface area contributed by atoms with E-state index in [2.05, 4.69) is 21.2 Å². The molecule has 3 nitrogen and oxygen atoms in total. The Kier molecular flexibility index (Phi) is 4.44. The minimum atomic E-state index is -0.682. The molecular formula is C14H16BrF2NO2. The maximum Gasteiger partial charge on any atom is 0.230 e. The molecular weight excluding hydrogens is 332 g/mol. The second-order valence-corrected chi connectivity index (χ2v) is 6.02. The number of hydrogen-bond acceptors (Lipinski definition) is 2. The Bertz CT molecular complexity index is 538. The van der Waals surface area contributed by atoms with Crippen LogP contribution in [0.15, 0.2) is 16.6 Å². The van der Waals surface area contributed by atoms with E-state index in [0.717, 1.165) is 12.1 Å². The zero-order valence-corrected chi connectivity index (χ0v) is 13.0. The molecule has 110 valence electrons. The first-order valence-electron chi connectivity index (χ1n) is 6.42. The van der Waals surface area contributed by atoms with Gasteiger partial charge in [-0.1, -0.05) is 6.92 Å². The number of nitrogens with one attached hydrogen (secondary N) is 1. The highest BCUT2D eigenvalue weighted by atomic mass is 79.9. The molecule has 1 N–H and O–H groups in total. The molecule has 0 radical (unpaired) electrons. The second-order valence-electron chi connectivity index (χ2n) is 5.17. The van der Waals surface area contributed by atoms with Gasteiger partial charge in [-0.2, -0.15) is 0 Å². The van der Waals surface area contributed by atoms with Crippen LogP contribution >= 0.6 is 15.9 Å². The van der Waals surface area contributed by atoms with Gasteiger partial charge in [-0.3, -0.25) is 4.79 Å². The molecule has 0 saturated carbocycles. The van der Waals surface area contributed by atoms with Crippen molar-refractivity contribution >= 4 is 27.5 Å². The van der Waals surface area contributed by atoms with Gasteiger partial charge in [0.05, 0.1) is 28.3 Å². The summed E-state index contributed by atoms with van der Waals surface area (Å²) in [7, 11) is 0. The van der Waals surface area contributed by atoms with Crippen molar-refractivity contribution in [2.75, 3.05) is 5.32 Å². The van der Waals surface area contributed by atoms with E-state index in [0.29, 0.717) is 0 Å². The average molecular weight is 348 g/mol. The van der Waals surface area contributed by atoms with Crippen molar-refractivity contribution in [2.24, 2.45) is 11.8 Å². The molecule has 20 heavy (non-hydrogen) atoms. The fraction of sp³-hybridized carbons (Fsp3) is 0.500. The number of halogens is 3. The van der Waals surface area contributed by atoms with Crippen molar-refractivity contribution in [1.29, 1.82) is 0 Å². The van der Waals surface area contributed by atoms with Crippen LogP contribution in [0, 0.1) is 23.5 Å². The predicted molar refractivity (Wildman–Crippen MR) is 75.4 cm³/mol. The van der Waals surface area contributed by atoms with E-state index in [-0.39, 0.29) is 40.1 Å². The number of ether oxygens (including phenoxy) is 1. The molecule has 2 rings (SSSR count). The topological polar surface area (TPSA) is 38.3 Å². The highest BCUT2D eigenvalue weighted by Gasteiger charge is 2.41. The molecule has 1 aromatic carbocycles. The van der Waals surface area contributed by atoms with Gasteiger partial charge in [-0.25, -0.2) is 8.78 Å². The molecule has 1 heterocycles. The molecule has 4 unspecified atom stereocenters. The van der Waals surface area contributed by atoms with Crippen molar-refractivity contribution < 1.29 is 18.3 Å². The van der Waals surface area contributed by atoms with Gasteiger partial charge >= 0.3 is 0 Å². The molecule has 4 atom stereocenters. The van der Waals surface area contributed by atoms with Gasteiger partial charge in [0, 0.05) is 6.07 Å². The van der Waals surface area contributed by atoms with E-state index < -0.39 is 11.6 Å². The lowest BCUT2D eigenvalue weighted by Crippen LogP contribution is -2.32. The highest BCUT2D eigenvalue weighted by molar-refractivity contribution is 9.10. The van der Waals surface area contributed by atoms with Crippen LogP contribution in [0.5, 0.6) is 0 Å². The average Bonchev–Trinajstić information content (AvgIpc) is 2.60. The van der Waals surface area contributed by atoms with Crippen LogP contribution in [0.4, 0.5) is 14.5 Å². The van der Waals surface area contributed by atoms with Crippen molar-refractivity contribution in [3.8, 4) is 0 Å². The summed E-state index contributed by atoms with van der Waals surface area (Å²) >= 11 is 2.89. The normalized spacial score (nSPS) is 29.5. The minimum Gasteiger partial charge on any atom is -0.374 e. The molecule has 6 heteroatoms. The van der Waals surface area contributed by atoms with Crippen LogP contribution in [-0.2, 0) is 9.53 Å². The lowest BCUT2D eigenvalue weighted by atomic mass is 9.89. The maximum absolute atomic E-state index is 13.7. The molecule has 1 saturated heterocycles. The largest absolute Gasteiger partial charge is 0.374 e. The Hall–Kier alpha value is -1.01. The summed E-state index contributed by atoms with van der Waals surface area (Å²) in [5.41, 5.74) is -0.158. The van der Waals surface area contributed by atoms with Crippen LogP contribution in [0.25, 0.3) is 0 Å². The zero-order valence-electron chi connectivity index (χ0n) is 11.4. The van der Waals surface area contributed by atoms with Gasteiger partial charge in [0.25, 0.3) is 0 Å². The maximum atomic E-state index is 13.7. The summed E-state index contributed by atoms with van der Waals surface area (Å²) in [5, 5.41) is 2.45. The number of carbonyl (C=O) groups excluding carboxylic acids is 1. The van der Waals surface area contributed by atoms with E-state index in [1.165, 1.54) is 0 Å². The smallest absolute Gasteiger partial charge is 0.230 e. The number of amides is 1. The summed E-state index contributed by atoms with van der Waals surface area (Å²) in [5.74, 6) is -2.02. The first-order chi connectivity index (χ1) is 9.31. The zero-order chi connectivity index (χ0) is 15.0. The Morgan fingerprint density at radius 2 is 1.85 bits per heavy atom. The number of anilines is 1. The molecule has 0 spiro atoms. The summed E-state index contributed by atoms with van der Waals surface area (Å²) in [6.07, 6.45) is -0.282. The van der Waals surface area contributed by atoms with E-state index in [1.54, 1.807) is 0 Å². The molecule has 1 aromatic rings. The summed E-state index contributed by atoms with van der Waals surface area (Å²) in [6.45, 7) is 5.62. The Morgan fingerprint density at radius 3 is 2.40 bits per heavy atom. The number of benzene rings is 1. The molecule has 0 aromatic heterocycles. The van der Waals surface area contributed by atoms with E-state index in [9.17, 15) is 13.6 Å². The molecule has 1 aliphatic rings. The SMILES string of the molecule is CC1OC(C)C(C(=O)Nc2cc(F)c(Br)cc2F)C1C. The van der Waals surface area contributed by atoms with Crippen molar-refractivity contribution in [3.05, 3.63) is 28.2 Å². The summed E-state index contributed by atoms with van der Waals surface area (Å²) < 4.78 is 32.7. The number of carbonyl (C=O) groups is 1. The van der Waals surface area contributed by atoms with Crippen LogP contribution in [0.1, 0.15) is 20.8 Å². The number of hydrogen-bond donors (Lipinski definition) is 1. The quantitative estimate of drug-likeness (QED) is 0.828. The molecule has 0 aliphatic carbocycles. The van der Waals surface area contributed by atoms with Gasteiger partial charge in [-0.15, -0.1) is 0 Å². The Labute approximate surface area is 124 Å². The van der Waals surface area contributed by atoms with Crippen molar-refractivity contribution in [2.45, 2.75) is 33.0 Å². The van der Waals surface area contributed by atoms with E-state index in [4.69, 9.17) is 4.74 Å². The van der Waals surface area contributed by atoms with Gasteiger partial charge in [0.15, 0.2) is 0 Å². The van der Waals surface area contributed by atoms with Crippen LogP contribution in [0.2, 0.25) is 0 Å². The van der Waals surface area contributed by atoms with Crippen molar-refractivity contribution in [3.63, 3.8) is 0 Å². The Balaban J connectivity index is 2.18.